The molecule has 0 aromatic rings. The summed E-state index contributed by atoms with van der Waals surface area (Å²) >= 11 is 0. The molecule has 1 aliphatic rings. The molecule has 0 bridgehead atoms. The molecule has 1 heterocycles. The van der Waals surface area contributed by atoms with Gasteiger partial charge in [0.15, 0.2) is 0 Å². The van der Waals surface area contributed by atoms with Gasteiger partial charge in [-0.2, -0.15) is 16.8 Å². The van der Waals surface area contributed by atoms with Gasteiger partial charge in [0.2, 0.25) is 0 Å². The molecule has 1 fully saturated rings. The van der Waals surface area contributed by atoms with E-state index < -0.39 is 37.2 Å². The molecule has 7 nitrogen and oxygen atoms in total. The Balaban J connectivity index is 0.00000196. The van der Waals surface area contributed by atoms with Crippen molar-refractivity contribution in [3.05, 3.63) is 0 Å². The minimum atomic E-state index is -4.27. The molecule has 0 atom stereocenters. The summed E-state index contributed by atoms with van der Waals surface area (Å²) in [5.41, 5.74) is -1.21. The van der Waals surface area contributed by atoms with Crippen LogP contribution in [0.4, 0.5) is 0 Å². The number of ether oxygens (including phenoxy) is 1. The molecule has 0 unspecified atom stereocenters. The van der Waals surface area contributed by atoms with Gasteiger partial charge in [0.1, 0.15) is 0 Å². The fraction of sp³-hybridized carbons (Fsp3) is 1.00. The fourth-order valence-electron chi connectivity index (χ4n) is 1.37. The van der Waals surface area contributed by atoms with Crippen LogP contribution in [0.15, 0.2) is 0 Å². The van der Waals surface area contributed by atoms with E-state index in [1.54, 1.807) is 0 Å². The summed E-state index contributed by atoms with van der Waals surface area (Å²) in [6, 6.07) is 0. The van der Waals surface area contributed by atoms with E-state index in [4.69, 9.17) is 9.11 Å². The van der Waals surface area contributed by atoms with Gasteiger partial charge in [-0.15, -0.1) is 0 Å². The van der Waals surface area contributed by atoms with Gasteiger partial charge in [-0.1, -0.05) is 0 Å². The summed E-state index contributed by atoms with van der Waals surface area (Å²) in [6.45, 7) is -0.209. The van der Waals surface area contributed by atoms with Crippen molar-refractivity contribution in [1.82, 2.24) is 0 Å². The van der Waals surface area contributed by atoms with Crippen LogP contribution in [0.2, 0.25) is 0 Å². The SMILES string of the molecule is O=S(=O)(O)CC1(CS(=O)(=O)O)COC1.[Na+]. The van der Waals surface area contributed by atoms with Crippen LogP contribution in [0.1, 0.15) is 0 Å². The summed E-state index contributed by atoms with van der Waals surface area (Å²) < 4.78 is 64.0. The second kappa shape index (κ2) is 4.96. The van der Waals surface area contributed by atoms with E-state index >= 15 is 0 Å². The first-order valence-electron chi connectivity index (χ1n) is 3.60. The van der Waals surface area contributed by atoms with Gasteiger partial charge >= 0.3 is 29.6 Å². The smallest absolute Gasteiger partial charge is 0.380 e. The predicted octanol–water partition coefficient (Wildman–Crippen LogP) is -4.22. The monoisotopic (exact) mass is 269 g/mol. The molecule has 10 heteroatoms. The summed E-state index contributed by atoms with van der Waals surface area (Å²) in [5.74, 6) is -1.44. The molecule has 84 valence electrons. The van der Waals surface area contributed by atoms with Gasteiger partial charge in [-0.3, -0.25) is 9.11 Å². The Kier molecular flexibility index (Phi) is 5.22. The first-order chi connectivity index (χ1) is 6.12. The Hall–Kier alpha value is 0.780. The number of hydrogen-bond donors (Lipinski definition) is 2. The first kappa shape index (κ1) is 15.8. The molecule has 0 radical (unpaired) electrons. The Bertz CT molecular complexity index is 371. The number of rotatable bonds is 4. The van der Waals surface area contributed by atoms with Crippen LogP contribution in [0, 0.1) is 5.41 Å². The van der Waals surface area contributed by atoms with Crippen LogP contribution in [0.25, 0.3) is 0 Å². The van der Waals surface area contributed by atoms with Crippen molar-refractivity contribution < 1.29 is 60.2 Å². The summed E-state index contributed by atoms with van der Waals surface area (Å²) in [4.78, 5) is 0. The van der Waals surface area contributed by atoms with Gasteiger partial charge in [-0.25, -0.2) is 0 Å². The Morgan fingerprint density at radius 1 is 1.00 bits per heavy atom. The summed E-state index contributed by atoms with van der Waals surface area (Å²) in [5, 5.41) is 0. The topological polar surface area (TPSA) is 118 Å². The Labute approximate surface area is 110 Å². The number of hydrogen-bond acceptors (Lipinski definition) is 5. The van der Waals surface area contributed by atoms with Crippen LogP contribution in [0.5, 0.6) is 0 Å². The second-order valence-corrected chi connectivity index (χ2v) is 6.35. The third-order valence-electron chi connectivity index (χ3n) is 1.79. The maximum Gasteiger partial charge on any atom is 1.00 e. The quantitative estimate of drug-likeness (QED) is 0.392. The predicted molar refractivity (Wildman–Crippen MR) is 46.1 cm³/mol. The molecule has 0 amide bonds. The van der Waals surface area contributed by atoms with E-state index in [1.165, 1.54) is 0 Å². The van der Waals surface area contributed by atoms with Gasteiger partial charge in [0.05, 0.1) is 24.7 Å². The molecule has 1 saturated heterocycles. The van der Waals surface area contributed by atoms with Crippen LogP contribution >= 0.6 is 0 Å². The summed E-state index contributed by atoms with van der Waals surface area (Å²) in [7, 11) is -8.54. The molecule has 0 spiro atoms. The standard InChI is InChI=1S/C5H10O7S2.Na/c6-13(7,8)3-5(1-12-2-5)4-14(9,10)11;/h1-4H2,(H,6,7,8)(H,9,10,11);/q;+1. The zero-order valence-electron chi connectivity index (χ0n) is 8.08. The average Bonchev–Trinajstić information content (AvgIpc) is 1.75. The molecule has 2 N–H and O–H groups in total. The van der Waals surface area contributed by atoms with E-state index in [0.29, 0.717) is 0 Å². The Morgan fingerprint density at radius 2 is 1.33 bits per heavy atom. The van der Waals surface area contributed by atoms with Crippen LogP contribution in [-0.2, 0) is 25.0 Å². The van der Waals surface area contributed by atoms with E-state index in [-0.39, 0.29) is 42.8 Å². The van der Waals surface area contributed by atoms with E-state index in [9.17, 15) is 16.8 Å². The molecule has 15 heavy (non-hydrogen) atoms. The van der Waals surface area contributed by atoms with E-state index in [2.05, 4.69) is 4.74 Å². The van der Waals surface area contributed by atoms with Crippen LogP contribution in [-0.4, -0.2) is 50.7 Å². The molecule has 0 aliphatic carbocycles. The molecular weight excluding hydrogens is 259 g/mol. The molecule has 1 rings (SSSR count). The minimum Gasteiger partial charge on any atom is -0.380 e. The molecule has 0 saturated carbocycles. The van der Waals surface area contributed by atoms with Crippen LogP contribution < -0.4 is 29.6 Å². The maximum absolute atomic E-state index is 10.5. The van der Waals surface area contributed by atoms with Gasteiger partial charge < -0.3 is 4.74 Å². The van der Waals surface area contributed by atoms with Crippen molar-refractivity contribution in [2.45, 2.75) is 0 Å². The van der Waals surface area contributed by atoms with Gasteiger partial charge in [0, 0.05) is 5.41 Å². The van der Waals surface area contributed by atoms with Crippen molar-refractivity contribution in [3.8, 4) is 0 Å². The van der Waals surface area contributed by atoms with Gasteiger partial charge in [-0.05, 0) is 0 Å². The van der Waals surface area contributed by atoms with Crippen molar-refractivity contribution >= 4 is 20.2 Å². The van der Waals surface area contributed by atoms with Crippen LogP contribution in [0.3, 0.4) is 0 Å². The van der Waals surface area contributed by atoms with Crippen molar-refractivity contribution in [2.24, 2.45) is 5.41 Å². The minimum absolute atomic E-state index is 0. The fourth-order valence-corrected chi connectivity index (χ4v) is 3.59. The molecular formula is C5H10NaO7S2+. The van der Waals surface area contributed by atoms with Crippen molar-refractivity contribution in [3.63, 3.8) is 0 Å². The van der Waals surface area contributed by atoms with Crippen molar-refractivity contribution in [2.75, 3.05) is 24.7 Å². The third kappa shape index (κ3) is 5.59. The second-order valence-electron chi connectivity index (χ2n) is 3.45. The molecule has 0 aromatic heterocycles. The summed E-state index contributed by atoms with van der Waals surface area (Å²) in [6.07, 6.45) is 0. The third-order valence-corrected chi connectivity index (χ3v) is 3.75. The first-order valence-corrected chi connectivity index (χ1v) is 6.82. The Morgan fingerprint density at radius 3 is 1.47 bits per heavy atom. The van der Waals surface area contributed by atoms with Crippen molar-refractivity contribution in [1.29, 1.82) is 0 Å². The van der Waals surface area contributed by atoms with E-state index in [0.717, 1.165) is 0 Å². The molecule has 0 aromatic carbocycles. The average molecular weight is 269 g/mol. The maximum atomic E-state index is 10.5. The van der Waals surface area contributed by atoms with E-state index in [1.807, 2.05) is 0 Å². The van der Waals surface area contributed by atoms with Gasteiger partial charge in [0.25, 0.3) is 20.2 Å². The zero-order valence-corrected chi connectivity index (χ0v) is 11.7. The molecule has 1 aliphatic heterocycles. The normalized spacial score (nSPS) is 20.1. The zero-order chi connectivity index (χ0) is 11.0. The largest absolute Gasteiger partial charge is 1.00 e.